The van der Waals surface area contributed by atoms with Gasteiger partial charge in [-0.2, -0.15) is 0 Å². The Morgan fingerprint density at radius 3 is 2.62 bits per heavy atom. The van der Waals surface area contributed by atoms with Gasteiger partial charge in [0.15, 0.2) is 0 Å². The maximum absolute atomic E-state index is 11.6. The molecule has 1 fully saturated rings. The molecule has 4 nitrogen and oxygen atoms in total. The Morgan fingerprint density at radius 2 is 2.12 bits per heavy atom. The zero-order valence-corrected chi connectivity index (χ0v) is 10.1. The molecule has 90 valence electrons. The summed E-state index contributed by atoms with van der Waals surface area (Å²) in [5.41, 5.74) is 0. The predicted molar refractivity (Wildman–Crippen MR) is 65.1 cm³/mol. The minimum atomic E-state index is -0.0408. The highest BCUT2D eigenvalue weighted by Crippen LogP contribution is 2.10. The van der Waals surface area contributed by atoms with E-state index in [2.05, 4.69) is 30.4 Å². The summed E-state index contributed by atoms with van der Waals surface area (Å²) in [6.45, 7) is 6.21. The highest BCUT2D eigenvalue weighted by molar-refractivity contribution is 5.74. The molecule has 1 aliphatic rings. The van der Waals surface area contributed by atoms with Crippen LogP contribution >= 0.6 is 0 Å². The molecule has 0 spiro atoms. The number of nitrogens with zero attached hydrogens (tertiary/aromatic N) is 1. The van der Waals surface area contributed by atoms with Crippen LogP contribution in [0.2, 0.25) is 0 Å². The predicted octanol–water partition coefficient (Wildman–Crippen LogP) is 0.792. The summed E-state index contributed by atoms with van der Waals surface area (Å²) in [5.74, 6) is 2.40. The molecule has 4 heteroatoms. The molecule has 0 unspecified atom stereocenters. The molecule has 0 aromatic rings. The highest BCUT2D eigenvalue weighted by Gasteiger charge is 2.22. The van der Waals surface area contributed by atoms with Gasteiger partial charge in [-0.05, 0) is 12.8 Å². The van der Waals surface area contributed by atoms with Crippen LogP contribution in [0, 0.1) is 12.3 Å². The van der Waals surface area contributed by atoms with E-state index in [-0.39, 0.29) is 6.03 Å². The van der Waals surface area contributed by atoms with Gasteiger partial charge in [0, 0.05) is 25.2 Å². The van der Waals surface area contributed by atoms with E-state index < -0.39 is 0 Å². The van der Waals surface area contributed by atoms with Gasteiger partial charge in [0.2, 0.25) is 0 Å². The third-order valence-electron chi connectivity index (χ3n) is 2.69. The number of piperidine rings is 1. The number of amides is 2. The smallest absolute Gasteiger partial charge is 0.318 e. The van der Waals surface area contributed by atoms with E-state index >= 15 is 0 Å². The van der Waals surface area contributed by atoms with Crippen LogP contribution in [0.25, 0.3) is 0 Å². The number of hydrogen-bond donors (Lipinski definition) is 2. The summed E-state index contributed by atoms with van der Waals surface area (Å²) in [4.78, 5) is 13.4. The lowest BCUT2D eigenvalue weighted by Crippen LogP contribution is -2.49. The fraction of sp³-hybridized carbons (Fsp3) is 0.750. The van der Waals surface area contributed by atoms with Crippen molar-refractivity contribution in [2.24, 2.45) is 0 Å². The van der Waals surface area contributed by atoms with Gasteiger partial charge in [0.25, 0.3) is 0 Å². The zero-order chi connectivity index (χ0) is 12.0. The second-order valence-corrected chi connectivity index (χ2v) is 4.45. The highest BCUT2D eigenvalue weighted by atomic mass is 16.2. The number of terminal acetylenes is 1. The van der Waals surface area contributed by atoms with Crippen molar-refractivity contribution in [1.82, 2.24) is 15.5 Å². The van der Waals surface area contributed by atoms with Gasteiger partial charge in [-0.1, -0.05) is 19.8 Å². The van der Waals surface area contributed by atoms with Gasteiger partial charge in [-0.15, -0.1) is 6.42 Å². The lowest BCUT2D eigenvalue weighted by atomic mass is 10.0. The van der Waals surface area contributed by atoms with E-state index in [9.17, 15) is 4.79 Å². The van der Waals surface area contributed by atoms with Gasteiger partial charge < -0.3 is 15.5 Å². The second kappa shape index (κ2) is 6.39. The van der Waals surface area contributed by atoms with E-state index in [0.29, 0.717) is 18.6 Å². The molecule has 0 bridgehead atoms. The van der Waals surface area contributed by atoms with Crippen molar-refractivity contribution in [1.29, 1.82) is 0 Å². The average Bonchev–Trinajstić information content (AvgIpc) is 2.26. The third-order valence-corrected chi connectivity index (χ3v) is 2.69. The summed E-state index contributed by atoms with van der Waals surface area (Å²) in [6, 6.07) is 1.00. The minimum Gasteiger partial charge on any atom is -0.327 e. The quantitative estimate of drug-likeness (QED) is 0.695. The standard InChI is InChI=1S/C12H21N3O/c1-4-7-13-12(16)15-8-5-11(6-9-15)14-10(2)3/h1,10-11,14H,5-9H2,2-3H3,(H,13,16). The van der Waals surface area contributed by atoms with E-state index in [0.717, 1.165) is 25.9 Å². The number of hydrogen-bond acceptors (Lipinski definition) is 2. The Labute approximate surface area is 97.8 Å². The molecule has 1 saturated heterocycles. The fourth-order valence-electron chi connectivity index (χ4n) is 1.96. The Morgan fingerprint density at radius 1 is 1.50 bits per heavy atom. The third kappa shape index (κ3) is 4.11. The van der Waals surface area contributed by atoms with Crippen LogP contribution in [0.15, 0.2) is 0 Å². The first kappa shape index (κ1) is 12.9. The molecule has 1 aliphatic heterocycles. The normalized spacial score (nSPS) is 17.2. The summed E-state index contributed by atoms with van der Waals surface area (Å²) >= 11 is 0. The SMILES string of the molecule is C#CCNC(=O)N1CCC(NC(C)C)CC1. The van der Waals surface area contributed by atoms with E-state index in [1.165, 1.54) is 0 Å². The van der Waals surface area contributed by atoms with Gasteiger partial charge in [-0.25, -0.2) is 4.79 Å². The van der Waals surface area contributed by atoms with Gasteiger partial charge in [0.05, 0.1) is 6.54 Å². The summed E-state index contributed by atoms with van der Waals surface area (Å²) in [5, 5.41) is 6.18. The van der Waals surface area contributed by atoms with Crippen molar-refractivity contribution >= 4 is 6.03 Å². The van der Waals surface area contributed by atoms with E-state index in [4.69, 9.17) is 6.42 Å². The van der Waals surface area contributed by atoms with Crippen LogP contribution in [0.4, 0.5) is 4.79 Å². The fourth-order valence-corrected chi connectivity index (χ4v) is 1.96. The van der Waals surface area contributed by atoms with Crippen LogP contribution in [0.3, 0.4) is 0 Å². The lowest BCUT2D eigenvalue weighted by Gasteiger charge is -2.33. The number of urea groups is 1. The topological polar surface area (TPSA) is 44.4 Å². The molecule has 0 aliphatic carbocycles. The molecule has 0 saturated carbocycles. The van der Waals surface area contributed by atoms with Crippen molar-refractivity contribution in [3.8, 4) is 12.3 Å². The first-order chi connectivity index (χ1) is 7.63. The molecule has 0 atom stereocenters. The van der Waals surface area contributed by atoms with Crippen LogP contribution in [0.5, 0.6) is 0 Å². The molecule has 2 N–H and O–H groups in total. The summed E-state index contributed by atoms with van der Waals surface area (Å²) in [6.07, 6.45) is 7.12. The molecule has 1 rings (SSSR count). The average molecular weight is 223 g/mol. The minimum absolute atomic E-state index is 0.0408. The Hall–Kier alpha value is -1.21. The van der Waals surface area contributed by atoms with Crippen molar-refractivity contribution < 1.29 is 4.79 Å². The number of nitrogens with one attached hydrogen (secondary N) is 2. The molecule has 0 aromatic heterocycles. The summed E-state index contributed by atoms with van der Waals surface area (Å²) < 4.78 is 0. The number of rotatable bonds is 3. The Balaban J connectivity index is 2.26. The van der Waals surface area contributed by atoms with Crippen LogP contribution in [-0.4, -0.2) is 42.6 Å². The van der Waals surface area contributed by atoms with Gasteiger partial charge in [0.1, 0.15) is 0 Å². The largest absolute Gasteiger partial charge is 0.327 e. The molecule has 2 amide bonds. The van der Waals surface area contributed by atoms with E-state index in [1.807, 2.05) is 4.90 Å². The van der Waals surface area contributed by atoms with Gasteiger partial charge in [-0.3, -0.25) is 0 Å². The second-order valence-electron chi connectivity index (χ2n) is 4.45. The van der Waals surface area contributed by atoms with Crippen LogP contribution in [-0.2, 0) is 0 Å². The first-order valence-electron chi connectivity index (χ1n) is 5.85. The van der Waals surface area contributed by atoms with Crippen molar-refractivity contribution in [3.05, 3.63) is 0 Å². The van der Waals surface area contributed by atoms with E-state index in [1.54, 1.807) is 0 Å². The Kier molecular flexibility index (Phi) is 5.13. The van der Waals surface area contributed by atoms with Crippen LogP contribution in [0.1, 0.15) is 26.7 Å². The maximum atomic E-state index is 11.6. The molecule has 1 heterocycles. The number of carbonyl (C=O) groups excluding carboxylic acids is 1. The van der Waals surface area contributed by atoms with Crippen molar-refractivity contribution in [2.45, 2.75) is 38.8 Å². The molecular weight excluding hydrogens is 202 g/mol. The van der Waals surface area contributed by atoms with Crippen molar-refractivity contribution in [2.75, 3.05) is 19.6 Å². The number of carbonyl (C=O) groups is 1. The first-order valence-corrected chi connectivity index (χ1v) is 5.85. The number of likely N-dealkylation sites (tertiary alicyclic amines) is 1. The van der Waals surface area contributed by atoms with Crippen molar-refractivity contribution in [3.63, 3.8) is 0 Å². The van der Waals surface area contributed by atoms with Gasteiger partial charge >= 0.3 is 6.03 Å². The lowest BCUT2D eigenvalue weighted by molar-refractivity contribution is 0.176. The summed E-state index contributed by atoms with van der Waals surface area (Å²) in [7, 11) is 0. The molecule has 0 aromatic carbocycles. The monoisotopic (exact) mass is 223 g/mol. The molecule has 16 heavy (non-hydrogen) atoms. The zero-order valence-electron chi connectivity index (χ0n) is 10.1. The van der Waals surface area contributed by atoms with Crippen LogP contribution < -0.4 is 10.6 Å². The molecule has 0 radical (unpaired) electrons. The Bertz CT molecular complexity index is 262. The molecular formula is C12H21N3O. The maximum Gasteiger partial charge on any atom is 0.318 e.